The zero-order chi connectivity index (χ0) is 30.3. The average Bonchev–Trinajstić information content (AvgIpc) is 3.58. The van der Waals surface area contributed by atoms with Crippen LogP contribution >= 0.6 is 0 Å². The van der Waals surface area contributed by atoms with Crippen LogP contribution in [-0.4, -0.2) is 12.1 Å². The van der Waals surface area contributed by atoms with Gasteiger partial charge in [-0.25, -0.2) is 0 Å². The standard InChI is InChI=1S/C43H36N2/c1-3-4-21-40-30(2)37-25-23-33(28-42(37)44(40)35-17-9-6-10-18-35)34-24-26-39-38-20-11-12-22-41(38)45(43(39)29-34)36-19-13-16-32(27-36)31-14-7-5-8-15-31/h3-29,37-38,41-42H,1H2,2H3. The monoisotopic (exact) mass is 580 g/mol. The summed E-state index contributed by atoms with van der Waals surface area (Å²) in [5.41, 5.74) is 12.7. The van der Waals surface area contributed by atoms with Crippen LogP contribution in [0.25, 0.3) is 16.7 Å². The number of para-hydroxylation sites is 1. The van der Waals surface area contributed by atoms with Crippen LogP contribution in [0.4, 0.5) is 17.1 Å². The Labute approximate surface area is 266 Å². The van der Waals surface area contributed by atoms with E-state index in [4.69, 9.17) is 0 Å². The molecule has 4 unspecified atom stereocenters. The highest BCUT2D eigenvalue weighted by Gasteiger charge is 2.39. The number of nitrogens with zero attached hydrogens (tertiary/aromatic N) is 2. The van der Waals surface area contributed by atoms with E-state index in [-0.39, 0.29) is 12.1 Å². The van der Waals surface area contributed by atoms with E-state index in [1.54, 1.807) is 0 Å². The maximum Gasteiger partial charge on any atom is 0.0632 e. The minimum Gasteiger partial charge on any atom is -0.334 e. The first-order valence-corrected chi connectivity index (χ1v) is 15.9. The van der Waals surface area contributed by atoms with E-state index >= 15 is 0 Å². The molecule has 0 radical (unpaired) electrons. The summed E-state index contributed by atoms with van der Waals surface area (Å²) < 4.78 is 0. The van der Waals surface area contributed by atoms with Gasteiger partial charge in [0.2, 0.25) is 0 Å². The first kappa shape index (κ1) is 27.2. The largest absolute Gasteiger partial charge is 0.334 e. The Balaban J connectivity index is 1.20. The maximum absolute atomic E-state index is 3.92. The summed E-state index contributed by atoms with van der Waals surface area (Å²) in [7, 11) is 0. The molecule has 0 bridgehead atoms. The van der Waals surface area contributed by atoms with Crippen LogP contribution in [0.2, 0.25) is 0 Å². The van der Waals surface area contributed by atoms with E-state index in [9.17, 15) is 0 Å². The summed E-state index contributed by atoms with van der Waals surface area (Å²) in [5, 5.41) is 0. The highest BCUT2D eigenvalue weighted by Crippen LogP contribution is 2.50. The second kappa shape index (κ2) is 11.3. The van der Waals surface area contributed by atoms with Crippen molar-refractivity contribution in [2.45, 2.75) is 24.9 Å². The number of allylic oxidation sites excluding steroid dienone is 7. The summed E-state index contributed by atoms with van der Waals surface area (Å²) in [5.74, 6) is 0.650. The quantitative estimate of drug-likeness (QED) is 0.209. The molecule has 218 valence electrons. The summed E-state index contributed by atoms with van der Waals surface area (Å²) >= 11 is 0. The van der Waals surface area contributed by atoms with Gasteiger partial charge in [-0.05, 0) is 76.7 Å². The van der Waals surface area contributed by atoms with Gasteiger partial charge in [-0.2, -0.15) is 0 Å². The summed E-state index contributed by atoms with van der Waals surface area (Å²) in [4.78, 5) is 5.03. The highest BCUT2D eigenvalue weighted by molar-refractivity contribution is 5.85. The molecule has 4 aromatic carbocycles. The van der Waals surface area contributed by atoms with E-state index in [0.717, 1.165) is 0 Å². The van der Waals surface area contributed by atoms with Crippen LogP contribution in [0.15, 0.2) is 182 Å². The van der Waals surface area contributed by atoms with E-state index < -0.39 is 0 Å². The maximum atomic E-state index is 3.92. The molecular weight excluding hydrogens is 544 g/mol. The molecular formula is C43H36N2. The molecule has 4 atom stereocenters. The Morgan fingerprint density at radius 1 is 0.644 bits per heavy atom. The molecule has 45 heavy (non-hydrogen) atoms. The van der Waals surface area contributed by atoms with E-state index in [2.05, 4.69) is 175 Å². The lowest BCUT2D eigenvalue weighted by Crippen LogP contribution is -2.33. The van der Waals surface area contributed by atoms with E-state index in [0.29, 0.717) is 11.8 Å². The van der Waals surface area contributed by atoms with E-state index in [1.165, 1.54) is 56.2 Å². The Morgan fingerprint density at radius 3 is 2.22 bits per heavy atom. The predicted molar refractivity (Wildman–Crippen MR) is 191 cm³/mol. The number of benzene rings is 4. The third kappa shape index (κ3) is 4.65. The van der Waals surface area contributed by atoms with E-state index in [1.807, 2.05) is 12.2 Å². The summed E-state index contributed by atoms with van der Waals surface area (Å²) in [6, 6.07) is 38.0. The fraction of sp³-hybridized carbons (Fsp3) is 0.116. The molecule has 2 heteroatoms. The Kier molecular flexibility index (Phi) is 6.84. The van der Waals surface area contributed by atoms with Crippen LogP contribution in [-0.2, 0) is 0 Å². The topological polar surface area (TPSA) is 6.48 Å². The Bertz CT molecular complexity index is 1950. The van der Waals surface area contributed by atoms with Crippen molar-refractivity contribution in [3.8, 4) is 11.1 Å². The van der Waals surface area contributed by atoms with Crippen molar-refractivity contribution in [3.63, 3.8) is 0 Å². The van der Waals surface area contributed by atoms with Crippen molar-refractivity contribution in [1.29, 1.82) is 0 Å². The van der Waals surface area contributed by atoms with Gasteiger partial charge in [0.05, 0.1) is 12.1 Å². The summed E-state index contributed by atoms with van der Waals surface area (Å²) in [6.07, 6.45) is 22.4. The highest BCUT2D eigenvalue weighted by atomic mass is 15.2. The van der Waals surface area contributed by atoms with Gasteiger partial charge in [-0.1, -0.05) is 134 Å². The molecule has 0 saturated heterocycles. The average molecular weight is 581 g/mol. The molecule has 2 heterocycles. The lowest BCUT2D eigenvalue weighted by Gasteiger charge is -2.32. The second-order valence-corrected chi connectivity index (χ2v) is 12.2. The lowest BCUT2D eigenvalue weighted by molar-refractivity contribution is 0.679. The van der Waals surface area contributed by atoms with Crippen LogP contribution in [0.1, 0.15) is 24.0 Å². The molecule has 0 aromatic heterocycles. The molecule has 4 aromatic rings. The zero-order valence-corrected chi connectivity index (χ0v) is 25.5. The third-order valence-corrected chi connectivity index (χ3v) is 9.71. The molecule has 8 rings (SSSR count). The van der Waals surface area contributed by atoms with Crippen LogP contribution < -0.4 is 9.80 Å². The number of anilines is 3. The van der Waals surface area contributed by atoms with Gasteiger partial charge in [-0.3, -0.25) is 0 Å². The molecule has 4 aliphatic rings. The van der Waals surface area contributed by atoms with Gasteiger partial charge in [0.25, 0.3) is 0 Å². The molecule has 0 fully saturated rings. The molecule has 2 nitrogen and oxygen atoms in total. The fourth-order valence-electron chi connectivity index (χ4n) is 7.57. The number of hydrogen-bond acceptors (Lipinski definition) is 2. The lowest BCUT2D eigenvalue weighted by atomic mass is 9.85. The van der Waals surface area contributed by atoms with Gasteiger partial charge >= 0.3 is 0 Å². The summed E-state index contributed by atoms with van der Waals surface area (Å²) in [6.45, 7) is 6.19. The molecule has 2 aliphatic carbocycles. The number of hydrogen-bond donors (Lipinski definition) is 0. The predicted octanol–water partition coefficient (Wildman–Crippen LogP) is 10.6. The van der Waals surface area contributed by atoms with Crippen molar-refractivity contribution in [1.82, 2.24) is 0 Å². The first-order valence-electron chi connectivity index (χ1n) is 15.9. The van der Waals surface area contributed by atoms with Gasteiger partial charge in [0, 0.05) is 34.6 Å². The number of rotatable bonds is 6. The second-order valence-electron chi connectivity index (χ2n) is 12.2. The normalized spacial score (nSPS) is 22.9. The zero-order valence-electron chi connectivity index (χ0n) is 25.5. The minimum absolute atomic E-state index is 0.206. The Morgan fingerprint density at radius 2 is 1.40 bits per heavy atom. The van der Waals surface area contributed by atoms with Gasteiger partial charge in [-0.15, -0.1) is 0 Å². The van der Waals surface area contributed by atoms with Crippen molar-refractivity contribution >= 4 is 22.6 Å². The molecule has 0 amide bonds. The van der Waals surface area contributed by atoms with Crippen molar-refractivity contribution < 1.29 is 0 Å². The van der Waals surface area contributed by atoms with Crippen LogP contribution in [0.5, 0.6) is 0 Å². The third-order valence-electron chi connectivity index (χ3n) is 9.71. The SMILES string of the molecule is C=CC=CC1=C(C)C2C=CC(c3ccc4c(c3)N(c3cccc(-c5ccccc5)c3)C3C=CC=CC43)=CC2N1c1ccccc1. The van der Waals surface area contributed by atoms with Crippen molar-refractivity contribution in [3.05, 3.63) is 193 Å². The van der Waals surface area contributed by atoms with Gasteiger partial charge in [0.15, 0.2) is 0 Å². The van der Waals surface area contributed by atoms with Crippen molar-refractivity contribution in [2.24, 2.45) is 5.92 Å². The smallest absolute Gasteiger partial charge is 0.0632 e. The van der Waals surface area contributed by atoms with Crippen molar-refractivity contribution in [2.75, 3.05) is 9.80 Å². The molecule has 2 aliphatic heterocycles. The Hall–Kier alpha value is -5.34. The van der Waals surface area contributed by atoms with Gasteiger partial charge in [0.1, 0.15) is 0 Å². The van der Waals surface area contributed by atoms with Gasteiger partial charge < -0.3 is 9.80 Å². The molecule has 0 N–H and O–H groups in total. The van der Waals surface area contributed by atoms with Crippen LogP contribution in [0.3, 0.4) is 0 Å². The molecule has 0 spiro atoms. The first-order chi connectivity index (χ1) is 22.2. The fourth-order valence-corrected chi connectivity index (χ4v) is 7.57. The molecule has 0 saturated carbocycles. The van der Waals surface area contributed by atoms with Crippen LogP contribution in [0, 0.1) is 5.92 Å². The minimum atomic E-state index is 0.206. The number of fused-ring (bicyclic) bond motifs is 4.